The van der Waals surface area contributed by atoms with Crippen LogP contribution in [0.4, 0.5) is 0 Å². The summed E-state index contributed by atoms with van der Waals surface area (Å²) in [7, 11) is 3.34. The van der Waals surface area contributed by atoms with E-state index in [1.54, 1.807) is 14.2 Å². The van der Waals surface area contributed by atoms with Crippen LogP contribution in [0, 0.1) is 13.8 Å². The number of nitrogens with zero attached hydrogens (tertiary/aromatic N) is 1. The molecule has 2 aromatic rings. The second-order valence-corrected chi connectivity index (χ2v) is 10.9. The zero-order valence-electron chi connectivity index (χ0n) is 23.6. The van der Waals surface area contributed by atoms with E-state index in [9.17, 15) is 9.59 Å². The summed E-state index contributed by atoms with van der Waals surface area (Å²) >= 11 is 0. The van der Waals surface area contributed by atoms with Gasteiger partial charge in [-0.3, -0.25) is 9.59 Å². The van der Waals surface area contributed by atoms with Gasteiger partial charge in [0.1, 0.15) is 6.61 Å². The number of benzene rings is 2. The molecule has 0 atom stereocenters. The van der Waals surface area contributed by atoms with E-state index in [1.165, 1.54) is 11.1 Å². The highest BCUT2D eigenvalue weighted by Crippen LogP contribution is 2.50. The Morgan fingerprint density at radius 1 is 0.821 bits per heavy atom. The van der Waals surface area contributed by atoms with E-state index in [2.05, 4.69) is 36.9 Å². The minimum absolute atomic E-state index is 0.150. The summed E-state index contributed by atoms with van der Waals surface area (Å²) in [4.78, 5) is 29.3. The molecule has 0 spiro atoms. The third kappa shape index (κ3) is 5.53. The van der Waals surface area contributed by atoms with Crippen molar-refractivity contribution in [2.45, 2.75) is 71.3 Å². The highest BCUT2D eigenvalue weighted by molar-refractivity contribution is 6.06. The predicted octanol–water partition coefficient (Wildman–Crippen LogP) is 6.34. The van der Waals surface area contributed by atoms with Gasteiger partial charge >= 0.3 is 0 Å². The number of Topliss-reactive ketones (excluding diaryl/α,β-unsaturated/α-hetero) is 2. The van der Waals surface area contributed by atoms with Gasteiger partial charge in [0.15, 0.2) is 23.1 Å². The van der Waals surface area contributed by atoms with Crippen LogP contribution in [0.15, 0.2) is 58.9 Å². The third-order valence-electron chi connectivity index (χ3n) is 8.01. The number of hydrogen-bond donors (Lipinski definition) is 0. The van der Waals surface area contributed by atoms with Crippen LogP contribution in [0.25, 0.3) is 0 Å². The van der Waals surface area contributed by atoms with Crippen molar-refractivity contribution in [2.75, 3.05) is 27.4 Å². The normalized spacial score (nSPS) is 17.9. The quantitative estimate of drug-likeness (QED) is 0.353. The first kappa shape index (κ1) is 27.2. The van der Waals surface area contributed by atoms with Gasteiger partial charge in [0.05, 0.1) is 7.11 Å². The van der Waals surface area contributed by atoms with Crippen molar-refractivity contribution < 1.29 is 23.8 Å². The molecule has 2 aromatic carbocycles. The standard InChI is InChI=1S/C33H39NO5/c1-21-16-22(2)18-23(17-21)20-39-29-13-12-24(19-30(29)38-4)31-32-25(8-5-10-27(32)35)34(14-7-15-37-3)26-9-6-11-28(36)33(26)31/h12-13,16-19,31H,5-11,14-15,20H2,1-4H3. The molecular weight excluding hydrogens is 490 g/mol. The average molecular weight is 530 g/mol. The predicted molar refractivity (Wildman–Crippen MR) is 151 cm³/mol. The summed E-state index contributed by atoms with van der Waals surface area (Å²) in [5, 5.41) is 0. The van der Waals surface area contributed by atoms with Gasteiger partial charge in [-0.15, -0.1) is 0 Å². The van der Waals surface area contributed by atoms with Crippen molar-refractivity contribution in [2.24, 2.45) is 0 Å². The summed E-state index contributed by atoms with van der Waals surface area (Å²) in [5.41, 5.74) is 8.18. The molecule has 6 heteroatoms. The minimum atomic E-state index is -0.364. The zero-order valence-corrected chi connectivity index (χ0v) is 23.6. The van der Waals surface area contributed by atoms with E-state index < -0.39 is 0 Å². The fourth-order valence-electron chi connectivity index (χ4n) is 6.48. The average Bonchev–Trinajstić information content (AvgIpc) is 2.92. The number of allylic oxidation sites excluding steroid dienone is 4. The molecule has 1 aliphatic heterocycles. The van der Waals surface area contributed by atoms with E-state index >= 15 is 0 Å². The number of ether oxygens (including phenoxy) is 3. The van der Waals surface area contributed by atoms with Gasteiger partial charge in [-0.05, 0) is 69.2 Å². The molecule has 0 radical (unpaired) electrons. The number of rotatable bonds is 9. The molecule has 2 aliphatic carbocycles. The van der Waals surface area contributed by atoms with Crippen LogP contribution in [-0.2, 0) is 20.9 Å². The van der Waals surface area contributed by atoms with Crippen LogP contribution in [0.1, 0.15) is 73.1 Å². The molecule has 0 amide bonds. The largest absolute Gasteiger partial charge is 0.493 e. The van der Waals surface area contributed by atoms with E-state index in [4.69, 9.17) is 14.2 Å². The van der Waals surface area contributed by atoms with Crippen molar-refractivity contribution in [1.29, 1.82) is 0 Å². The van der Waals surface area contributed by atoms with Crippen LogP contribution in [-0.4, -0.2) is 43.8 Å². The molecule has 1 heterocycles. The molecule has 39 heavy (non-hydrogen) atoms. The monoisotopic (exact) mass is 529 g/mol. The van der Waals surface area contributed by atoms with Gasteiger partial charge in [0, 0.05) is 61.6 Å². The Bertz CT molecular complexity index is 1270. The Kier molecular flexibility index (Phi) is 8.22. The molecular formula is C33H39NO5. The SMILES string of the molecule is COCCCN1C2=C(C(=O)CCC2)C(c2ccc(OCc3cc(C)cc(C)c3)c(OC)c2)C2=C1CCCC2=O. The van der Waals surface area contributed by atoms with Gasteiger partial charge < -0.3 is 19.1 Å². The van der Waals surface area contributed by atoms with Crippen molar-refractivity contribution >= 4 is 11.6 Å². The topological polar surface area (TPSA) is 65.1 Å². The fourth-order valence-corrected chi connectivity index (χ4v) is 6.48. The molecule has 0 N–H and O–H groups in total. The Balaban J connectivity index is 1.53. The van der Waals surface area contributed by atoms with Crippen LogP contribution in [0.5, 0.6) is 11.5 Å². The van der Waals surface area contributed by atoms with Crippen LogP contribution in [0.3, 0.4) is 0 Å². The maximum absolute atomic E-state index is 13.5. The molecule has 0 saturated carbocycles. The number of aryl methyl sites for hydroxylation is 2. The van der Waals surface area contributed by atoms with E-state index in [0.717, 1.165) is 72.3 Å². The van der Waals surface area contributed by atoms with Crippen LogP contribution >= 0.6 is 0 Å². The number of methoxy groups -OCH3 is 2. The lowest BCUT2D eigenvalue weighted by atomic mass is 9.71. The molecule has 0 saturated heterocycles. The Morgan fingerprint density at radius 2 is 1.46 bits per heavy atom. The Morgan fingerprint density at radius 3 is 2.05 bits per heavy atom. The Labute approximate surface area is 231 Å². The smallest absolute Gasteiger partial charge is 0.161 e. The van der Waals surface area contributed by atoms with Gasteiger partial charge in [-0.2, -0.15) is 0 Å². The van der Waals surface area contributed by atoms with Crippen molar-refractivity contribution in [3.05, 3.63) is 81.2 Å². The van der Waals surface area contributed by atoms with Gasteiger partial charge in [-0.25, -0.2) is 0 Å². The molecule has 0 bridgehead atoms. The lowest BCUT2D eigenvalue weighted by Gasteiger charge is -2.44. The van der Waals surface area contributed by atoms with Crippen molar-refractivity contribution in [1.82, 2.24) is 4.90 Å². The number of hydrogen-bond acceptors (Lipinski definition) is 6. The summed E-state index contributed by atoms with van der Waals surface area (Å²) in [6.07, 6.45) is 5.27. The highest BCUT2D eigenvalue weighted by atomic mass is 16.5. The number of ketones is 2. The first-order chi connectivity index (χ1) is 18.9. The Hall–Kier alpha value is -3.38. The zero-order chi connectivity index (χ0) is 27.5. The molecule has 6 nitrogen and oxygen atoms in total. The lowest BCUT2D eigenvalue weighted by molar-refractivity contribution is -0.117. The van der Waals surface area contributed by atoms with Gasteiger partial charge in [0.25, 0.3) is 0 Å². The van der Waals surface area contributed by atoms with Crippen molar-refractivity contribution in [3.8, 4) is 11.5 Å². The van der Waals surface area contributed by atoms with E-state index in [1.807, 2.05) is 18.2 Å². The molecule has 3 aliphatic rings. The summed E-state index contributed by atoms with van der Waals surface area (Å²) < 4.78 is 17.3. The number of carbonyl (C=O) groups is 2. The molecule has 0 fully saturated rings. The van der Waals surface area contributed by atoms with Crippen molar-refractivity contribution in [3.63, 3.8) is 0 Å². The first-order valence-electron chi connectivity index (χ1n) is 14.1. The number of carbonyl (C=O) groups excluding carboxylic acids is 2. The molecule has 0 aromatic heterocycles. The summed E-state index contributed by atoms with van der Waals surface area (Å²) in [5.74, 6) is 1.19. The molecule has 206 valence electrons. The fraction of sp³-hybridized carbons (Fsp3) is 0.455. The van der Waals surface area contributed by atoms with Gasteiger partial charge in [0.2, 0.25) is 0 Å². The molecule has 5 rings (SSSR count). The summed E-state index contributed by atoms with van der Waals surface area (Å²) in [6.45, 7) is 6.00. The van der Waals surface area contributed by atoms with Gasteiger partial charge in [-0.1, -0.05) is 35.4 Å². The van der Waals surface area contributed by atoms with E-state index in [-0.39, 0.29) is 17.5 Å². The molecule has 0 unspecified atom stereocenters. The summed E-state index contributed by atoms with van der Waals surface area (Å²) in [6, 6.07) is 12.3. The third-order valence-corrected chi connectivity index (χ3v) is 8.01. The lowest BCUT2D eigenvalue weighted by Crippen LogP contribution is -2.39. The first-order valence-corrected chi connectivity index (χ1v) is 14.1. The maximum Gasteiger partial charge on any atom is 0.161 e. The second-order valence-electron chi connectivity index (χ2n) is 10.9. The minimum Gasteiger partial charge on any atom is -0.493 e. The highest BCUT2D eigenvalue weighted by Gasteiger charge is 2.43. The van der Waals surface area contributed by atoms with Crippen LogP contribution in [0.2, 0.25) is 0 Å². The van der Waals surface area contributed by atoms with Crippen LogP contribution < -0.4 is 9.47 Å². The van der Waals surface area contributed by atoms with E-state index in [0.29, 0.717) is 37.6 Å². The second kappa shape index (κ2) is 11.8. The maximum atomic E-state index is 13.5.